The molecule has 2 aromatic heterocycles. The van der Waals surface area contributed by atoms with E-state index in [-0.39, 0.29) is 17.9 Å². The van der Waals surface area contributed by atoms with E-state index >= 15 is 0 Å². The molecule has 2 aliphatic rings. The minimum Gasteiger partial charge on any atom is -0.310 e. The molecule has 4 nitrogen and oxygen atoms in total. The van der Waals surface area contributed by atoms with Crippen LogP contribution in [0.4, 0.5) is 14.9 Å². The highest BCUT2D eigenvalue weighted by atomic mass is 32.1. The number of aromatic nitrogens is 1. The first kappa shape index (κ1) is 21.2. The maximum absolute atomic E-state index is 13.8. The number of rotatable bonds is 2. The molecule has 0 saturated carbocycles. The molecule has 1 aliphatic carbocycles. The lowest BCUT2D eigenvalue weighted by Gasteiger charge is -2.31. The minimum absolute atomic E-state index is 0.187. The van der Waals surface area contributed by atoms with Crippen molar-refractivity contribution in [2.75, 3.05) is 5.32 Å². The monoisotopic (exact) mass is 471 g/mol. The van der Waals surface area contributed by atoms with Crippen molar-refractivity contribution in [1.82, 2.24) is 9.47 Å². The second-order valence-corrected chi connectivity index (χ2v) is 10.3. The van der Waals surface area contributed by atoms with Crippen LogP contribution in [0.5, 0.6) is 0 Å². The highest BCUT2D eigenvalue weighted by molar-refractivity contribution is 7.15. The molecule has 0 bridgehead atoms. The van der Waals surface area contributed by atoms with Crippen LogP contribution in [-0.2, 0) is 19.4 Å². The molecule has 1 atom stereocenters. The number of carbonyl (C=O) groups excluding carboxylic acids is 1. The Hall–Kier alpha value is -3.38. The van der Waals surface area contributed by atoms with Crippen molar-refractivity contribution in [2.24, 2.45) is 0 Å². The minimum atomic E-state index is -0.322. The van der Waals surface area contributed by atoms with Gasteiger partial charge in [0.2, 0.25) is 0 Å². The molecule has 172 valence electrons. The average Bonchev–Trinajstić information content (AvgIpc) is 3.43. The largest absolute Gasteiger partial charge is 0.322 e. The van der Waals surface area contributed by atoms with Crippen molar-refractivity contribution in [2.45, 2.75) is 45.2 Å². The number of carbonyl (C=O) groups is 1. The summed E-state index contributed by atoms with van der Waals surface area (Å²) in [7, 11) is 0. The number of urea groups is 1. The second-order valence-electron chi connectivity index (χ2n) is 9.18. The predicted octanol–water partition coefficient (Wildman–Crippen LogP) is 7.00. The number of halogens is 1. The zero-order valence-corrected chi connectivity index (χ0v) is 19.9. The van der Waals surface area contributed by atoms with Gasteiger partial charge >= 0.3 is 6.03 Å². The maximum atomic E-state index is 13.8. The summed E-state index contributed by atoms with van der Waals surface area (Å²) in [5.41, 5.74) is 6.61. The van der Waals surface area contributed by atoms with Crippen LogP contribution in [0.3, 0.4) is 0 Å². The number of nitrogens with zero attached hydrogens (tertiary/aromatic N) is 2. The summed E-state index contributed by atoms with van der Waals surface area (Å²) in [6.07, 6.45) is 6.73. The molecule has 1 N–H and O–H groups in total. The van der Waals surface area contributed by atoms with Gasteiger partial charge in [-0.2, -0.15) is 0 Å². The summed E-state index contributed by atoms with van der Waals surface area (Å²) in [5, 5.41) is 4.26. The van der Waals surface area contributed by atoms with E-state index in [0.29, 0.717) is 12.2 Å². The molecule has 2 aromatic carbocycles. The smallest absolute Gasteiger partial charge is 0.310 e. The Morgan fingerprint density at radius 1 is 1.00 bits per heavy atom. The molecule has 0 spiro atoms. The molecular formula is C28H26FN3OS. The van der Waals surface area contributed by atoms with Gasteiger partial charge in [0, 0.05) is 22.3 Å². The van der Waals surface area contributed by atoms with Gasteiger partial charge in [-0.15, -0.1) is 11.3 Å². The number of anilines is 1. The van der Waals surface area contributed by atoms with Gasteiger partial charge in [0.25, 0.3) is 0 Å². The van der Waals surface area contributed by atoms with Crippen molar-refractivity contribution >= 4 is 23.1 Å². The molecule has 0 fully saturated rings. The Labute approximate surface area is 202 Å². The summed E-state index contributed by atoms with van der Waals surface area (Å²) < 4.78 is 15.7. The zero-order valence-electron chi connectivity index (χ0n) is 19.1. The molecule has 4 aromatic rings. The van der Waals surface area contributed by atoms with Crippen LogP contribution in [-0.4, -0.2) is 15.5 Å². The second kappa shape index (κ2) is 8.44. The Morgan fingerprint density at radius 2 is 1.76 bits per heavy atom. The third-order valence-corrected chi connectivity index (χ3v) is 8.26. The quantitative estimate of drug-likeness (QED) is 0.336. The van der Waals surface area contributed by atoms with E-state index in [4.69, 9.17) is 0 Å². The number of benzene rings is 2. The highest BCUT2D eigenvalue weighted by Gasteiger charge is 2.36. The van der Waals surface area contributed by atoms with Gasteiger partial charge in [-0.3, -0.25) is 0 Å². The van der Waals surface area contributed by atoms with Crippen LogP contribution in [0, 0.1) is 12.7 Å². The third kappa shape index (κ3) is 3.62. The standard InChI is InChI=1S/C28H26FN3OS/c1-18-8-10-19(11-9-18)26-24-6-4-16-31(24)27-23(22-5-2-3-7-25(22)34-27)17-32(26)28(33)30-21-14-12-20(29)13-15-21/h4,6,8-16,26H,2-3,5,7,17H2,1H3,(H,30,33)/t26-/m1/s1. The van der Waals surface area contributed by atoms with Crippen molar-refractivity contribution in [3.05, 3.63) is 106 Å². The van der Waals surface area contributed by atoms with Gasteiger partial charge in [-0.25, -0.2) is 9.18 Å². The van der Waals surface area contributed by atoms with Crippen molar-refractivity contribution in [1.29, 1.82) is 0 Å². The van der Waals surface area contributed by atoms with E-state index < -0.39 is 0 Å². The highest BCUT2D eigenvalue weighted by Crippen LogP contribution is 2.44. The van der Waals surface area contributed by atoms with Gasteiger partial charge in [0.05, 0.1) is 18.3 Å². The number of amides is 2. The number of fused-ring (bicyclic) bond motifs is 5. The van der Waals surface area contributed by atoms with Crippen LogP contribution in [0.1, 0.15) is 51.7 Å². The summed E-state index contributed by atoms with van der Waals surface area (Å²) in [6, 6.07) is 18.1. The first-order valence-electron chi connectivity index (χ1n) is 11.8. The van der Waals surface area contributed by atoms with E-state index in [0.717, 1.165) is 24.1 Å². The van der Waals surface area contributed by atoms with E-state index in [9.17, 15) is 9.18 Å². The van der Waals surface area contributed by atoms with Gasteiger partial charge in [0.15, 0.2) is 0 Å². The van der Waals surface area contributed by atoms with Crippen LogP contribution in [0.2, 0.25) is 0 Å². The first-order chi connectivity index (χ1) is 16.6. The van der Waals surface area contributed by atoms with Crippen molar-refractivity contribution in [3.8, 4) is 5.00 Å². The predicted molar refractivity (Wildman–Crippen MR) is 134 cm³/mol. The van der Waals surface area contributed by atoms with Gasteiger partial charge in [-0.1, -0.05) is 29.8 Å². The van der Waals surface area contributed by atoms with Crippen LogP contribution in [0.15, 0.2) is 66.9 Å². The fourth-order valence-corrected chi connectivity index (χ4v) is 6.62. The lowest BCUT2D eigenvalue weighted by atomic mass is 9.95. The molecule has 6 heteroatoms. The Bertz CT molecular complexity index is 1350. The third-order valence-electron chi connectivity index (χ3n) is 6.93. The number of nitrogens with one attached hydrogen (secondary N) is 1. The molecule has 3 heterocycles. The average molecular weight is 472 g/mol. The zero-order chi connectivity index (χ0) is 23.2. The Balaban J connectivity index is 1.49. The molecule has 0 unspecified atom stereocenters. The van der Waals surface area contributed by atoms with Crippen LogP contribution in [0.25, 0.3) is 5.00 Å². The number of thiophene rings is 1. The Morgan fingerprint density at radius 3 is 2.56 bits per heavy atom. The fraction of sp³-hybridized carbons (Fsp3) is 0.250. The molecule has 0 saturated heterocycles. The van der Waals surface area contributed by atoms with E-state index in [2.05, 4.69) is 59.4 Å². The fourth-order valence-electron chi connectivity index (χ4n) is 5.21. The van der Waals surface area contributed by atoms with Gasteiger partial charge < -0.3 is 14.8 Å². The molecular weight excluding hydrogens is 445 g/mol. The summed E-state index contributed by atoms with van der Waals surface area (Å²) in [5.74, 6) is -0.322. The maximum Gasteiger partial charge on any atom is 0.322 e. The number of hydrogen-bond acceptors (Lipinski definition) is 2. The van der Waals surface area contributed by atoms with E-state index in [1.165, 1.54) is 51.5 Å². The number of aryl methyl sites for hydroxylation is 2. The molecule has 1 aliphatic heterocycles. The summed E-state index contributed by atoms with van der Waals surface area (Å²) in [4.78, 5) is 17.2. The first-order valence-corrected chi connectivity index (χ1v) is 12.6. The lowest BCUT2D eigenvalue weighted by Crippen LogP contribution is -2.38. The summed E-state index contributed by atoms with van der Waals surface area (Å²) >= 11 is 1.88. The molecule has 6 rings (SSSR count). The molecule has 2 amide bonds. The Kier molecular flexibility index (Phi) is 5.26. The van der Waals surface area contributed by atoms with Crippen molar-refractivity contribution in [3.63, 3.8) is 0 Å². The lowest BCUT2D eigenvalue weighted by molar-refractivity contribution is 0.194. The molecule has 34 heavy (non-hydrogen) atoms. The summed E-state index contributed by atoms with van der Waals surface area (Å²) in [6.45, 7) is 2.61. The van der Waals surface area contributed by atoms with E-state index in [1.54, 1.807) is 12.1 Å². The van der Waals surface area contributed by atoms with Crippen LogP contribution >= 0.6 is 11.3 Å². The van der Waals surface area contributed by atoms with Gasteiger partial charge in [-0.05, 0) is 80.1 Å². The van der Waals surface area contributed by atoms with Crippen LogP contribution < -0.4 is 5.32 Å². The SMILES string of the molecule is Cc1ccc([C@@H]2c3cccn3-c3sc4c(c3CN2C(=O)Nc2ccc(F)cc2)CCCC4)cc1. The topological polar surface area (TPSA) is 37.3 Å². The van der Waals surface area contributed by atoms with E-state index in [1.807, 2.05) is 16.2 Å². The normalized spacial score (nSPS) is 16.9. The van der Waals surface area contributed by atoms with Crippen molar-refractivity contribution < 1.29 is 9.18 Å². The van der Waals surface area contributed by atoms with Gasteiger partial charge in [0.1, 0.15) is 10.8 Å². The molecule has 0 radical (unpaired) electrons. The number of hydrogen-bond donors (Lipinski definition) is 1.